The van der Waals surface area contributed by atoms with E-state index in [1.165, 1.54) is 0 Å². The molecule has 4 heteroatoms. The van der Waals surface area contributed by atoms with Gasteiger partial charge in [-0.25, -0.2) is 0 Å². The molecule has 0 saturated heterocycles. The third kappa shape index (κ3) is 8.83. The van der Waals surface area contributed by atoms with E-state index in [-0.39, 0.29) is 84.1 Å². The Bertz CT molecular complexity index is 3.25. The van der Waals surface area contributed by atoms with Crippen LogP contribution in [0.25, 0.3) is 0 Å². The fourth-order valence-electron chi connectivity index (χ4n) is 0. The first-order valence-electron chi connectivity index (χ1n) is 0. The predicted molar refractivity (Wildman–Crippen MR) is 21.7 cm³/mol. The Morgan fingerprint density at radius 2 is 0.500 bits per heavy atom. The Morgan fingerprint density at radius 1 is 0.500 bits per heavy atom. The van der Waals surface area contributed by atoms with Crippen LogP contribution in [-0.4, -0.2) is 0 Å². The van der Waals surface area contributed by atoms with Crippen molar-refractivity contribution in [3.05, 3.63) is 0 Å². The quantitative estimate of drug-likeness (QED) is 0.628. The maximum Gasteiger partial charge on any atom is 0 e. The van der Waals surface area contributed by atoms with Gasteiger partial charge < -0.3 is 0 Å². The minimum atomic E-state index is 0. The molecule has 0 spiro atoms. The summed E-state index contributed by atoms with van der Waals surface area (Å²) in [4.78, 5) is 0. The molecule has 0 saturated carbocycles. The van der Waals surface area contributed by atoms with Crippen molar-refractivity contribution in [1.82, 2.24) is 0 Å². The molecule has 0 heterocycles. The minimum Gasteiger partial charge on any atom is -0.147 e. The fraction of sp³-hybridized carbons (Fsp3) is 0. The molecule has 0 aromatic rings. The van der Waals surface area contributed by atoms with Crippen molar-refractivity contribution in [2.45, 2.75) is 0 Å². The Labute approximate surface area is 82.6 Å². The molecule has 4 heavy (non-hydrogen) atoms. The normalized spacial score (nSPS) is 0. The summed E-state index contributed by atoms with van der Waals surface area (Å²) in [7, 11) is 0. The number of hydrogen-bond acceptors (Lipinski definition) is 0. The van der Waals surface area contributed by atoms with Crippen LogP contribution >= 0.6 is 37.2 Å². The second-order valence-corrected chi connectivity index (χ2v) is 0. The van der Waals surface area contributed by atoms with Crippen molar-refractivity contribution >= 4 is 37.2 Å². The van der Waals surface area contributed by atoms with Gasteiger partial charge in [0.05, 0.1) is 0 Å². The van der Waals surface area contributed by atoms with Crippen molar-refractivity contribution < 1.29 is 46.9 Å². The van der Waals surface area contributed by atoms with Crippen molar-refractivity contribution in [2.24, 2.45) is 0 Å². The molecule has 0 aliphatic heterocycles. The molecule has 0 amide bonds. The smallest absolute Gasteiger partial charge is 0 e. The Morgan fingerprint density at radius 3 is 0.500 bits per heavy atom. The second-order valence-electron chi connectivity index (χ2n) is 0. The molecule has 0 atom stereocenters. The molecular weight excluding hydrogens is 279 g/mol. The molecular formula is H3Cl3Yb. The van der Waals surface area contributed by atoms with Gasteiger partial charge >= 0.3 is 0 Å². The standard InChI is InChI=1S/3ClH.Yb/h3*1H;. The Balaban J connectivity index is 0. The van der Waals surface area contributed by atoms with Crippen molar-refractivity contribution in [3.63, 3.8) is 0 Å². The molecule has 0 rings (SSSR count). The SMILES string of the molecule is Cl.Cl.Cl.[Yb]. The molecule has 0 aromatic carbocycles. The van der Waals surface area contributed by atoms with Gasteiger partial charge in [0, 0.05) is 46.9 Å². The number of halogens is 3. The van der Waals surface area contributed by atoms with Gasteiger partial charge in [-0.3, -0.25) is 0 Å². The van der Waals surface area contributed by atoms with Crippen LogP contribution in [0, 0.1) is 46.9 Å². The van der Waals surface area contributed by atoms with E-state index < -0.39 is 0 Å². The Hall–Kier alpha value is 2.39. The maximum absolute atomic E-state index is 0. The number of hydrogen-bond donors (Lipinski definition) is 0. The summed E-state index contributed by atoms with van der Waals surface area (Å²) in [5, 5.41) is 0. The van der Waals surface area contributed by atoms with Crippen LogP contribution in [0.5, 0.6) is 0 Å². The van der Waals surface area contributed by atoms with Crippen molar-refractivity contribution in [3.8, 4) is 0 Å². The first-order chi connectivity index (χ1) is 0. The third-order valence-corrected chi connectivity index (χ3v) is 0. The fourth-order valence-corrected chi connectivity index (χ4v) is 0. The van der Waals surface area contributed by atoms with Crippen LogP contribution in [0.4, 0.5) is 0 Å². The van der Waals surface area contributed by atoms with Gasteiger partial charge in [0.2, 0.25) is 0 Å². The van der Waals surface area contributed by atoms with Crippen molar-refractivity contribution in [1.29, 1.82) is 0 Å². The average molecular weight is 282 g/mol. The van der Waals surface area contributed by atoms with Crippen LogP contribution in [0.2, 0.25) is 0 Å². The third-order valence-electron chi connectivity index (χ3n) is 0. The van der Waals surface area contributed by atoms with Gasteiger partial charge in [0.15, 0.2) is 0 Å². The maximum atomic E-state index is 0. The molecule has 0 radical (unpaired) electrons. The van der Waals surface area contributed by atoms with E-state index in [2.05, 4.69) is 0 Å². The monoisotopic (exact) mass is 282 g/mol. The molecule has 0 aliphatic rings. The topological polar surface area (TPSA) is 0 Å². The Kier molecular flexibility index (Phi) is 148. The first-order valence-corrected chi connectivity index (χ1v) is 0. The van der Waals surface area contributed by atoms with Crippen LogP contribution in [0.15, 0.2) is 0 Å². The summed E-state index contributed by atoms with van der Waals surface area (Å²) < 4.78 is 0. The largest absolute Gasteiger partial charge is 0.147 e. The van der Waals surface area contributed by atoms with Gasteiger partial charge in [-0.05, 0) is 0 Å². The second kappa shape index (κ2) is 18.2. The van der Waals surface area contributed by atoms with Crippen LogP contribution in [-0.2, 0) is 0 Å². The molecule has 0 N–H and O–H groups in total. The van der Waals surface area contributed by atoms with Crippen LogP contribution < -0.4 is 0 Å². The molecule has 0 unspecified atom stereocenters. The van der Waals surface area contributed by atoms with Crippen LogP contribution in [0.1, 0.15) is 0 Å². The van der Waals surface area contributed by atoms with Crippen molar-refractivity contribution in [2.75, 3.05) is 0 Å². The van der Waals surface area contributed by atoms with Gasteiger partial charge in [0.1, 0.15) is 0 Å². The summed E-state index contributed by atoms with van der Waals surface area (Å²) in [6.07, 6.45) is 0. The van der Waals surface area contributed by atoms with Gasteiger partial charge in [-0.15, -0.1) is 37.2 Å². The molecule has 0 bridgehead atoms. The molecule has 0 nitrogen and oxygen atoms in total. The molecule has 0 aliphatic carbocycles. The van der Waals surface area contributed by atoms with E-state index >= 15 is 0 Å². The molecule has 0 fully saturated rings. The van der Waals surface area contributed by atoms with Gasteiger partial charge in [0.25, 0.3) is 0 Å². The van der Waals surface area contributed by atoms with Crippen LogP contribution in [0.3, 0.4) is 0 Å². The summed E-state index contributed by atoms with van der Waals surface area (Å²) in [6, 6.07) is 0. The summed E-state index contributed by atoms with van der Waals surface area (Å²) in [5.41, 5.74) is 0. The zero-order valence-corrected chi connectivity index (χ0v) is 5.66. The van der Waals surface area contributed by atoms with E-state index in [1.807, 2.05) is 0 Å². The zero-order valence-electron chi connectivity index (χ0n) is 1.49. The summed E-state index contributed by atoms with van der Waals surface area (Å²) in [6.45, 7) is 0. The number of rotatable bonds is 0. The molecule has 38 valence electrons. The van der Waals surface area contributed by atoms with E-state index in [0.29, 0.717) is 0 Å². The first kappa shape index (κ1) is 32.5. The van der Waals surface area contributed by atoms with Gasteiger partial charge in [-0.2, -0.15) is 0 Å². The average Bonchev–Trinajstić information content (AvgIpc) is 0. The molecule has 0 aromatic heterocycles. The van der Waals surface area contributed by atoms with E-state index in [9.17, 15) is 0 Å². The zero-order chi connectivity index (χ0) is 0. The summed E-state index contributed by atoms with van der Waals surface area (Å²) in [5.74, 6) is 0. The van der Waals surface area contributed by atoms with Gasteiger partial charge in [-0.1, -0.05) is 0 Å². The predicted octanol–water partition coefficient (Wildman–Crippen LogP) is 1.27. The van der Waals surface area contributed by atoms with E-state index in [4.69, 9.17) is 0 Å². The van der Waals surface area contributed by atoms with E-state index in [1.54, 1.807) is 0 Å². The summed E-state index contributed by atoms with van der Waals surface area (Å²) >= 11 is 0. The minimum absolute atomic E-state index is 0. The van der Waals surface area contributed by atoms with E-state index in [0.717, 1.165) is 0 Å².